The number of esters is 1. The third-order valence-electron chi connectivity index (χ3n) is 6.08. The van der Waals surface area contributed by atoms with E-state index < -0.39 is 39.9 Å². The molecule has 1 aliphatic heterocycles. The molecule has 2 aromatic rings. The average molecular weight is 488 g/mol. The molecule has 1 atom stereocenters. The zero-order valence-corrected chi connectivity index (χ0v) is 19.3. The van der Waals surface area contributed by atoms with E-state index in [2.05, 4.69) is 15.3 Å². The summed E-state index contributed by atoms with van der Waals surface area (Å²) in [6.45, 7) is 0.274. The van der Waals surface area contributed by atoms with E-state index in [9.17, 15) is 22.8 Å². The molecule has 2 aliphatic rings. The molecule has 3 amide bonds. The molecule has 0 spiro atoms. The summed E-state index contributed by atoms with van der Waals surface area (Å²) in [5.41, 5.74) is 0. The number of ether oxygens (including phenoxy) is 1. The van der Waals surface area contributed by atoms with Crippen molar-refractivity contribution in [1.82, 2.24) is 19.2 Å². The molecule has 1 aromatic heterocycles. The fraction of sp³-hybridized carbons (Fsp3) is 0.409. The molecule has 0 bridgehead atoms. The fourth-order valence-corrected chi connectivity index (χ4v) is 5.74. The molecule has 12 heteroatoms. The van der Waals surface area contributed by atoms with E-state index in [0.717, 1.165) is 18.4 Å². The van der Waals surface area contributed by atoms with Gasteiger partial charge in [-0.15, -0.1) is 0 Å². The van der Waals surface area contributed by atoms with Crippen LogP contribution in [0.25, 0.3) is 0 Å². The summed E-state index contributed by atoms with van der Waals surface area (Å²) in [5.74, 6) is -0.960. The van der Waals surface area contributed by atoms with Gasteiger partial charge >= 0.3 is 12.0 Å². The van der Waals surface area contributed by atoms with Gasteiger partial charge in [-0.25, -0.2) is 32.3 Å². The van der Waals surface area contributed by atoms with Gasteiger partial charge in [-0.05, 0) is 43.4 Å². The number of aromatic nitrogens is 2. The topological polar surface area (TPSA) is 139 Å². The van der Waals surface area contributed by atoms with Crippen LogP contribution < -0.4 is 5.32 Å². The number of carbonyl (C=O) groups excluding carboxylic acids is 3. The van der Waals surface area contributed by atoms with Gasteiger partial charge in [0, 0.05) is 24.9 Å². The lowest BCUT2D eigenvalue weighted by molar-refractivity contribution is -0.144. The Morgan fingerprint density at radius 2 is 1.79 bits per heavy atom. The van der Waals surface area contributed by atoms with Gasteiger partial charge in [-0.3, -0.25) is 9.69 Å². The second kappa shape index (κ2) is 9.75. The Bertz CT molecular complexity index is 1150. The zero-order valence-electron chi connectivity index (χ0n) is 18.5. The summed E-state index contributed by atoms with van der Waals surface area (Å²) in [6, 6.07) is 6.57. The molecule has 2 heterocycles. The number of methoxy groups -OCH3 is 1. The Morgan fingerprint density at radius 3 is 2.44 bits per heavy atom. The molecule has 1 aromatic carbocycles. The summed E-state index contributed by atoms with van der Waals surface area (Å²) in [6.07, 6.45) is 5.24. The number of nitrogens with one attached hydrogen (secondary N) is 1. The summed E-state index contributed by atoms with van der Waals surface area (Å²) in [5, 5.41) is 3.12. The van der Waals surface area contributed by atoms with Crippen LogP contribution in [0.5, 0.6) is 0 Å². The van der Waals surface area contributed by atoms with Crippen LogP contribution in [0.1, 0.15) is 19.3 Å². The van der Waals surface area contributed by atoms with Gasteiger partial charge in [0.1, 0.15) is 0 Å². The van der Waals surface area contributed by atoms with Gasteiger partial charge in [0.25, 0.3) is 10.0 Å². The number of sulfonamides is 1. The molecule has 11 nitrogen and oxygen atoms in total. The Morgan fingerprint density at radius 1 is 1.12 bits per heavy atom. The van der Waals surface area contributed by atoms with Crippen molar-refractivity contribution in [3.05, 3.63) is 48.8 Å². The van der Waals surface area contributed by atoms with Crippen LogP contribution in [0, 0.1) is 11.8 Å². The van der Waals surface area contributed by atoms with Gasteiger partial charge < -0.3 is 10.1 Å². The minimum absolute atomic E-state index is 0.148. The standard InChI is InChI=1S/C22H25N5O6S/c1-33-20(29)18-14-26(22(30)27(18)34(31,32)17-6-3-2-4-7-17)19(28)16-12-15(13-16)8-11-25-21-23-9-5-10-24-21/h2-7,9-10,15-16,18H,8,11-14H2,1H3,(H,23,24,25). The van der Waals surface area contributed by atoms with Crippen molar-refractivity contribution >= 4 is 33.9 Å². The van der Waals surface area contributed by atoms with E-state index in [1.807, 2.05) is 0 Å². The lowest BCUT2D eigenvalue weighted by Gasteiger charge is -2.36. The van der Waals surface area contributed by atoms with Gasteiger partial charge in [0.05, 0.1) is 18.6 Å². The van der Waals surface area contributed by atoms with Gasteiger partial charge in [0.15, 0.2) is 6.04 Å². The molecule has 1 saturated carbocycles. The Balaban J connectivity index is 1.40. The van der Waals surface area contributed by atoms with Crippen molar-refractivity contribution in [1.29, 1.82) is 0 Å². The molecular weight excluding hydrogens is 462 g/mol. The number of amides is 3. The number of imide groups is 1. The Labute approximate surface area is 197 Å². The van der Waals surface area contributed by atoms with Gasteiger partial charge in [-0.2, -0.15) is 0 Å². The van der Waals surface area contributed by atoms with Crippen LogP contribution in [0.2, 0.25) is 0 Å². The van der Waals surface area contributed by atoms with Gasteiger partial charge in [0.2, 0.25) is 11.9 Å². The quantitative estimate of drug-likeness (QED) is 0.549. The second-order valence-corrected chi connectivity index (χ2v) is 10.0. The number of nitrogens with zero attached hydrogens (tertiary/aromatic N) is 4. The SMILES string of the molecule is COC(=O)C1CN(C(=O)C2CC(CCNc3ncccn3)C2)C(=O)N1S(=O)(=O)c1ccccc1. The van der Waals surface area contributed by atoms with E-state index in [4.69, 9.17) is 4.74 Å². The molecule has 180 valence electrons. The van der Waals surface area contributed by atoms with E-state index >= 15 is 0 Å². The lowest BCUT2D eigenvalue weighted by Crippen LogP contribution is -2.46. The molecule has 0 radical (unpaired) electrons. The first-order chi connectivity index (χ1) is 16.3. The van der Waals surface area contributed by atoms with Crippen molar-refractivity contribution in [2.75, 3.05) is 25.5 Å². The summed E-state index contributed by atoms with van der Waals surface area (Å²) >= 11 is 0. The summed E-state index contributed by atoms with van der Waals surface area (Å²) < 4.78 is 31.4. The van der Waals surface area contributed by atoms with Crippen molar-refractivity contribution in [2.45, 2.75) is 30.2 Å². The largest absolute Gasteiger partial charge is 0.467 e. The predicted octanol–water partition coefficient (Wildman–Crippen LogP) is 1.50. The normalized spacial score (nSPS) is 22.3. The van der Waals surface area contributed by atoms with Crippen molar-refractivity contribution in [2.24, 2.45) is 11.8 Å². The number of rotatable bonds is 8. The molecule has 1 aliphatic carbocycles. The average Bonchev–Trinajstić information content (AvgIpc) is 3.18. The number of hydrogen-bond donors (Lipinski definition) is 1. The number of benzene rings is 1. The fourth-order valence-electron chi connectivity index (χ4n) is 4.22. The first kappa shape index (κ1) is 23.6. The maximum absolute atomic E-state index is 13.1. The minimum Gasteiger partial charge on any atom is -0.467 e. The minimum atomic E-state index is -4.35. The highest BCUT2D eigenvalue weighted by molar-refractivity contribution is 7.89. The van der Waals surface area contributed by atoms with Crippen LogP contribution in [-0.4, -0.2) is 71.7 Å². The first-order valence-corrected chi connectivity index (χ1v) is 12.3. The van der Waals surface area contributed by atoms with E-state index in [0.29, 0.717) is 29.6 Å². The van der Waals surface area contributed by atoms with Crippen molar-refractivity contribution < 1.29 is 27.5 Å². The van der Waals surface area contributed by atoms with Crippen LogP contribution in [0.4, 0.5) is 10.7 Å². The Kier molecular flexibility index (Phi) is 6.77. The van der Waals surface area contributed by atoms with E-state index in [1.165, 1.54) is 24.3 Å². The lowest BCUT2D eigenvalue weighted by atomic mass is 9.72. The van der Waals surface area contributed by atoms with Crippen LogP contribution in [0.3, 0.4) is 0 Å². The second-order valence-electron chi connectivity index (χ2n) is 8.21. The summed E-state index contributed by atoms with van der Waals surface area (Å²) in [4.78, 5) is 47.3. The van der Waals surface area contributed by atoms with Crippen molar-refractivity contribution in [3.63, 3.8) is 0 Å². The number of carbonyl (C=O) groups is 3. The molecule has 4 rings (SSSR count). The molecule has 2 fully saturated rings. The highest BCUT2D eigenvalue weighted by Gasteiger charge is 2.53. The third-order valence-corrected chi connectivity index (χ3v) is 7.88. The monoisotopic (exact) mass is 487 g/mol. The van der Waals surface area contributed by atoms with E-state index in [1.54, 1.807) is 24.5 Å². The predicted molar refractivity (Wildman–Crippen MR) is 120 cm³/mol. The first-order valence-electron chi connectivity index (χ1n) is 10.9. The van der Waals surface area contributed by atoms with Crippen LogP contribution in [-0.2, 0) is 24.3 Å². The number of urea groups is 1. The van der Waals surface area contributed by atoms with Crippen LogP contribution in [0.15, 0.2) is 53.7 Å². The molecule has 1 unspecified atom stereocenters. The molecular formula is C22H25N5O6S. The summed E-state index contributed by atoms with van der Waals surface area (Å²) in [7, 11) is -3.25. The number of anilines is 1. The highest BCUT2D eigenvalue weighted by atomic mass is 32.2. The highest BCUT2D eigenvalue weighted by Crippen LogP contribution is 2.38. The maximum Gasteiger partial charge on any atom is 0.341 e. The third kappa shape index (κ3) is 4.58. The van der Waals surface area contributed by atoms with Crippen LogP contribution >= 0.6 is 0 Å². The van der Waals surface area contributed by atoms with E-state index in [-0.39, 0.29) is 17.4 Å². The zero-order chi connectivity index (χ0) is 24.3. The van der Waals surface area contributed by atoms with Gasteiger partial charge in [-0.1, -0.05) is 18.2 Å². The maximum atomic E-state index is 13.1. The molecule has 34 heavy (non-hydrogen) atoms. The molecule has 1 saturated heterocycles. The molecule has 1 N–H and O–H groups in total. The van der Waals surface area contributed by atoms with Crippen molar-refractivity contribution in [3.8, 4) is 0 Å². The Hall–Kier alpha value is -3.54. The number of hydrogen-bond acceptors (Lipinski definition) is 9. The smallest absolute Gasteiger partial charge is 0.341 e.